The normalized spacial score (nSPS) is 12.6. The summed E-state index contributed by atoms with van der Waals surface area (Å²) >= 11 is 0. The highest BCUT2D eigenvalue weighted by Crippen LogP contribution is 2.24. The van der Waals surface area contributed by atoms with Crippen LogP contribution in [0.5, 0.6) is 5.75 Å². The summed E-state index contributed by atoms with van der Waals surface area (Å²) in [5.74, 6) is 0.635. The summed E-state index contributed by atoms with van der Waals surface area (Å²) in [6.45, 7) is 2.11. The molecule has 0 aliphatic carbocycles. The zero-order valence-electron chi connectivity index (χ0n) is 9.65. The molecule has 0 aliphatic rings. The molecule has 0 heterocycles. The van der Waals surface area contributed by atoms with Gasteiger partial charge in [0.2, 0.25) is 0 Å². The van der Waals surface area contributed by atoms with Gasteiger partial charge in [-0.3, -0.25) is 4.79 Å². The minimum Gasteiger partial charge on any atom is -0.496 e. The molecule has 15 heavy (non-hydrogen) atoms. The monoisotopic (exact) mass is 207 g/mol. The van der Waals surface area contributed by atoms with Crippen molar-refractivity contribution in [2.45, 2.75) is 13.0 Å². The molecule has 3 heteroatoms. The largest absolute Gasteiger partial charge is 0.496 e. The molecule has 82 valence electrons. The number of ether oxygens (including phenoxy) is 1. The van der Waals surface area contributed by atoms with Gasteiger partial charge in [0.1, 0.15) is 5.75 Å². The highest BCUT2D eigenvalue weighted by atomic mass is 16.5. The third-order valence-electron chi connectivity index (χ3n) is 2.64. The minimum absolute atomic E-state index is 0.305. The second-order valence-electron chi connectivity index (χ2n) is 3.76. The lowest BCUT2D eigenvalue weighted by Gasteiger charge is -2.20. The van der Waals surface area contributed by atoms with E-state index in [0.717, 1.165) is 11.8 Å². The van der Waals surface area contributed by atoms with Crippen molar-refractivity contribution < 1.29 is 9.53 Å². The molecule has 1 aromatic rings. The molecular weight excluding hydrogens is 190 g/mol. The number of aldehydes is 1. The molecule has 1 unspecified atom stereocenters. The number of hydrogen-bond donors (Lipinski definition) is 0. The molecule has 0 aromatic heterocycles. The van der Waals surface area contributed by atoms with Crippen LogP contribution in [-0.2, 0) is 0 Å². The smallest absolute Gasteiger partial charge is 0.153 e. The quantitative estimate of drug-likeness (QED) is 0.708. The van der Waals surface area contributed by atoms with E-state index in [2.05, 4.69) is 11.8 Å². The van der Waals surface area contributed by atoms with E-state index in [9.17, 15) is 4.79 Å². The van der Waals surface area contributed by atoms with Gasteiger partial charge in [-0.05, 0) is 38.7 Å². The highest BCUT2D eigenvalue weighted by Gasteiger charge is 2.10. The van der Waals surface area contributed by atoms with E-state index in [4.69, 9.17) is 4.74 Å². The van der Waals surface area contributed by atoms with E-state index in [1.807, 2.05) is 26.2 Å². The van der Waals surface area contributed by atoms with Gasteiger partial charge >= 0.3 is 0 Å². The van der Waals surface area contributed by atoms with Crippen LogP contribution in [0.4, 0.5) is 0 Å². The average molecular weight is 207 g/mol. The van der Waals surface area contributed by atoms with Crippen molar-refractivity contribution in [3.05, 3.63) is 29.3 Å². The molecule has 0 saturated heterocycles. The maximum absolute atomic E-state index is 10.7. The maximum Gasteiger partial charge on any atom is 0.153 e. The Morgan fingerprint density at radius 2 is 2.07 bits per heavy atom. The fourth-order valence-corrected chi connectivity index (χ4v) is 1.38. The van der Waals surface area contributed by atoms with Gasteiger partial charge < -0.3 is 9.64 Å². The lowest BCUT2D eigenvalue weighted by atomic mass is 10.0. The number of hydrogen-bond acceptors (Lipinski definition) is 3. The predicted molar refractivity (Wildman–Crippen MR) is 60.5 cm³/mol. The van der Waals surface area contributed by atoms with Gasteiger partial charge in [-0.1, -0.05) is 6.07 Å². The van der Waals surface area contributed by atoms with E-state index >= 15 is 0 Å². The third-order valence-corrected chi connectivity index (χ3v) is 2.64. The summed E-state index contributed by atoms with van der Waals surface area (Å²) in [6.07, 6.45) is 0.808. The van der Waals surface area contributed by atoms with Gasteiger partial charge in [0.25, 0.3) is 0 Å². The number of benzene rings is 1. The first-order valence-electron chi connectivity index (χ1n) is 4.89. The number of carbonyl (C=O) groups is 1. The summed E-state index contributed by atoms with van der Waals surface area (Å²) in [6, 6.07) is 5.96. The van der Waals surface area contributed by atoms with Crippen molar-refractivity contribution in [2.75, 3.05) is 21.2 Å². The van der Waals surface area contributed by atoms with Gasteiger partial charge in [-0.2, -0.15) is 0 Å². The molecule has 0 saturated carbocycles. The standard InChI is InChI=1S/C12H17NO2/c1-9(13(2)3)10-5-6-11(8-14)12(7-10)15-4/h5-9H,1-4H3. The number of rotatable bonds is 4. The Balaban J connectivity index is 3.07. The average Bonchev–Trinajstić information content (AvgIpc) is 2.26. The molecule has 0 bridgehead atoms. The van der Waals surface area contributed by atoms with Gasteiger partial charge in [0.15, 0.2) is 6.29 Å². The minimum atomic E-state index is 0.305. The highest BCUT2D eigenvalue weighted by molar-refractivity contribution is 5.79. The van der Waals surface area contributed by atoms with Crippen molar-refractivity contribution in [3.8, 4) is 5.75 Å². The Morgan fingerprint density at radius 3 is 2.53 bits per heavy atom. The molecule has 0 amide bonds. The molecule has 3 nitrogen and oxygen atoms in total. The third kappa shape index (κ3) is 2.57. The summed E-state index contributed by atoms with van der Waals surface area (Å²) in [5, 5.41) is 0. The predicted octanol–water partition coefficient (Wildman–Crippen LogP) is 2.13. The second kappa shape index (κ2) is 4.94. The van der Waals surface area contributed by atoms with Crippen LogP contribution in [-0.4, -0.2) is 32.4 Å². The van der Waals surface area contributed by atoms with Gasteiger partial charge in [0.05, 0.1) is 12.7 Å². The van der Waals surface area contributed by atoms with Crippen LogP contribution in [0.3, 0.4) is 0 Å². The first-order chi connectivity index (χ1) is 7.10. The Bertz CT molecular complexity index is 347. The Morgan fingerprint density at radius 1 is 1.40 bits per heavy atom. The van der Waals surface area contributed by atoms with E-state index < -0.39 is 0 Å². The molecule has 0 fully saturated rings. The molecule has 0 spiro atoms. The first kappa shape index (κ1) is 11.7. The van der Waals surface area contributed by atoms with E-state index in [1.54, 1.807) is 13.2 Å². The van der Waals surface area contributed by atoms with Crippen molar-refractivity contribution in [3.63, 3.8) is 0 Å². The topological polar surface area (TPSA) is 29.5 Å². The summed E-state index contributed by atoms with van der Waals surface area (Å²) in [4.78, 5) is 12.8. The van der Waals surface area contributed by atoms with Crippen LogP contribution < -0.4 is 4.74 Å². The fraction of sp³-hybridized carbons (Fsp3) is 0.417. The number of carbonyl (C=O) groups excluding carboxylic acids is 1. The van der Waals surface area contributed by atoms with Gasteiger partial charge in [0, 0.05) is 6.04 Å². The molecule has 1 atom stereocenters. The molecule has 1 rings (SSSR count). The van der Waals surface area contributed by atoms with Crippen molar-refractivity contribution in [1.82, 2.24) is 4.90 Å². The van der Waals surface area contributed by atoms with Crippen LogP contribution in [0.25, 0.3) is 0 Å². The maximum atomic E-state index is 10.7. The molecular formula is C12H17NO2. The van der Waals surface area contributed by atoms with Crippen LogP contribution in [0, 0.1) is 0 Å². The Hall–Kier alpha value is -1.35. The number of methoxy groups -OCH3 is 1. The summed E-state index contributed by atoms with van der Waals surface area (Å²) in [7, 11) is 5.61. The lowest BCUT2D eigenvalue weighted by Crippen LogP contribution is -2.16. The van der Waals surface area contributed by atoms with E-state index in [1.165, 1.54) is 0 Å². The van der Waals surface area contributed by atoms with Crippen molar-refractivity contribution >= 4 is 6.29 Å². The van der Waals surface area contributed by atoms with Crippen molar-refractivity contribution in [1.29, 1.82) is 0 Å². The van der Waals surface area contributed by atoms with Gasteiger partial charge in [-0.15, -0.1) is 0 Å². The summed E-state index contributed by atoms with van der Waals surface area (Å²) < 4.78 is 5.16. The lowest BCUT2D eigenvalue weighted by molar-refractivity contribution is 0.112. The van der Waals surface area contributed by atoms with E-state index in [-0.39, 0.29) is 0 Å². The first-order valence-corrected chi connectivity index (χ1v) is 4.89. The molecule has 0 radical (unpaired) electrons. The summed E-state index contributed by atoms with van der Waals surface area (Å²) in [5.41, 5.74) is 1.73. The molecule has 0 aliphatic heterocycles. The van der Waals surface area contributed by atoms with Crippen LogP contribution >= 0.6 is 0 Å². The second-order valence-corrected chi connectivity index (χ2v) is 3.76. The zero-order valence-corrected chi connectivity index (χ0v) is 9.65. The SMILES string of the molecule is COc1cc(C(C)N(C)C)ccc1C=O. The van der Waals surface area contributed by atoms with Crippen molar-refractivity contribution in [2.24, 2.45) is 0 Å². The van der Waals surface area contributed by atoms with Crippen LogP contribution in [0.15, 0.2) is 18.2 Å². The molecule has 0 N–H and O–H groups in total. The van der Waals surface area contributed by atoms with E-state index in [0.29, 0.717) is 17.4 Å². The Labute approximate surface area is 90.7 Å². The van der Waals surface area contributed by atoms with Gasteiger partial charge in [-0.25, -0.2) is 0 Å². The number of nitrogens with zero attached hydrogens (tertiary/aromatic N) is 1. The molecule has 1 aromatic carbocycles. The Kier molecular flexibility index (Phi) is 3.86. The fourth-order valence-electron chi connectivity index (χ4n) is 1.38. The van der Waals surface area contributed by atoms with Crippen LogP contribution in [0.2, 0.25) is 0 Å². The van der Waals surface area contributed by atoms with Crippen LogP contribution in [0.1, 0.15) is 28.9 Å². The zero-order chi connectivity index (χ0) is 11.4.